The van der Waals surface area contributed by atoms with E-state index in [1.54, 1.807) is 7.05 Å². The minimum absolute atomic E-state index is 0.0495. The van der Waals surface area contributed by atoms with Gasteiger partial charge in [0.15, 0.2) is 0 Å². The monoisotopic (exact) mass is 277 g/mol. The van der Waals surface area contributed by atoms with E-state index in [2.05, 4.69) is 4.72 Å². The van der Waals surface area contributed by atoms with Gasteiger partial charge in [0.25, 0.3) is 10.2 Å². The molecule has 0 heterocycles. The van der Waals surface area contributed by atoms with Crippen LogP contribution in [-0.2, 0) is 10.2 Å². The second kappa shape index (κ2) is 6.84. The van der Waals surface area contributed by atoms with Crippen LogP contribution < -0.4 is 10.5 Å². The van der Waals surface area contributed by atoms with E-state index in [0.29, 0.717) is 24.9 Å². The summed E-state index contributed by atoms with van der Waals surface area (Å²) < 4.78 is 28.5. The lowest BCUT2D eigenvalue weighted by atomic mass is 9.85. The molecule has 0 aromatic heterocycles. The fourth-order valence-corrected chi connectivity index (χ4v) is 3.88. The molecule has 5 nitrogen and oxygen atoms in total. The number of rotatable bonds is 6. The Balaban J connectivity index is 2.68. The van der Waals surface area contributed by atoms with Crippen LogP contribution in [0.3, 0.4) is 0 Å². The van der Waals surface area contributed by atoms with Crippen molar-refractivity contribution in [1.82, 2.24) is 9.03 Å². The molecule has 1 aliphatic rings. The molecule has 0 aromatic carbocycles. The first kappa shape index (κ1) is 15.9. The molecule has 0 saturated heterocycles. The Morgan fingerprint density at radius 1 is 1.33 bits per heavy atom. The van der Waals surface area contributed by atoms with Gasteiger partial charge in [0.2, 0.25) is 0 Å². The van der Waals surface area contributed by atoms with Gasteiger partial charge in [0.05, 0.1) is 0 Å². The first-order valence-electron chi connectivity index (χ1n) is 6.81. The van der Waals surface area contributed by atoms with Crippen molar-refractivity contribution in [2.24, 2.45) is 17.6 Å². The second-order valence-electron chi connectivity index (χ2n) is 5.61. The number of hydrogen-bond donors (Lipinski definition) is 2. The summed E-state index contributed by atoms with van der Waals surface area (Å²) in [6.07, 6.45) is 4.20. The highest BCUT2D eigenvalue weighted by Crippen LogP contribution is 2.28. The molecule has 0 bridgehead atoms. The summed E-state index contributed by atoms with van der Waals surface area (Å²) in [5, 5.41) is 0. The number of nitrogens with zero attached hydrogens (tertiary/aromatic N) is 1. The quantitative estimate of drug-likeness (QED) is 0.758. The molecule has 2 atom stereocenters. The third-order valence-corrected chi connectivity index (χ3v) is 5.25. The molecule has 108 valence electrons. The molecule has 1 fully saturated rings. The van der Waals surface area contributed by atoms with Crippen LogP contribution in [0.1, 0.15) is 39.5 Å². The molecule has 18 heavy (non-hydrogen) atoms. The fourth-order valence-electron chi connectivity index (χ4n) is 2.49. The largest absolute Gasteiger partial charge is 0.330 e. The molecule has 0 radical (unpaired) electrons. The van der Waals surface area contributed by atoms with Gasteiger partial charge in [-0.15, -0.1) is 0 Å². The van der Waals surface area contributed by atoms with Crippen LogP contribution in [0, 0.1) is 11.8 Å². The Hall–Kier alpha value is -0.170. The summed E-state index contributed by atoms with van der Waals surface area (Å²) in [5.41, 5.74) is 5.76. The van der Waals surface area contributed by atoms with Crippen LogP contribution in [0.5, 0.6) is 0 Å². The average molecular weight is 277 g/mol. The van der Waals surface area contributed by atoms with E-state index in [-0.39, 0.29) is 6.04 Å². The first-order chi connectivity index (χ1) is 8.38. The fraction of sp³-hybridized carbons (Fsp3) is 1.00. The van der Waals surface area contributed by atoms with E-state index in [4.69, 9.17) is 5.73 Å². The predicted molar refractivity (Wildman–Crippen MR) is 74.3 cm³/mol. The molecule has 1 aliphatic carbocycles. The van der Waals surface area contributed by atoms with Crippen LogP contribution in [0.4, 0.5) is 0 Å². The third kappa shape index (κ3) is 4.19. The number of nitrogens with two attached hydrogens (primary N) is 1. The summed E-state index contributed by atoms with van der Waals surface area (Å²) in [5.74, 6) is 0.601. The van der Waals surface area contributed by atoms with E-state index in [1.165, 1.54) is 4.31 Å². The zero-order valence-corrected chi connectivity index (χ0v) is 12.5. The van der Waals surface area contributed by atoms with Crippen molar-refractivity contribution in [1.29, 1.82) is 0 Å². The first-order valence-corrected chi connectivity index (χ1v) is 8.25. The maximum absolute atomic E-state index is 12.2. The van der Waals surface area contributed by atoms with Crippen molar-refractivity contribution >= 4 is 10.2 Å². The van der Waals surface area contributed by atoms with Gasteiger partial charge in [0.1, 0.15) is 0 Å². The SMILES string of the molecule is CC(C)CNS(=O)(=O)N(C)C1CCCCC1CN. The zero-order chi connectivity index (χ0) is 13.8. The molecular weight excluding hydrogens is 250 g/mol. The molecular formula is C12H27N3O2S. The van der Waals surface area contributed by atoms with Crippen molar-refractivity contribution < 1.29 is 8.42 Å². The molecule has 3 N–H and O–H groups in total. The normalized spacial score (nSPS) is 25.9. The summed E-state index contributed by atoms with van der Waals surface area (Å²) in [6.45, 7) is 5.03. The molecule has 6 heteroatoms. The van der Waals surface area contributed by atoms with E-state index in [1.807, 2.05) is 13.8 Å². The van der Waals surface area contributed by atoms with E-state index >= 15 is 0 Å². The van der Waals surface area contributed by atoms with Gasteiger partial charge in [-0.05, 0) is 31.2 Å². The van der Waals surface area contributed by atoms with Crippen molar-refractivity contribution in [3.63, 3.8) is 0 Å². The molecule has 0 amide bonds. The Kier molecular flexibility index (Phi) is 6.04. The molecule has 1 rings (SSSR count). The van der Waals surface area contributed by atoms with Crippen LogP contribution in [0.15, 0.2) is 0 Å². The van der Waals surface area contributed by atoms with Crippen molar-refractivity contribution in [2.75, 3.05) is 20.1 Å². The highest BCUT2D eigenvalue weighted by atomic mass is 32.2. The summed E-state index contributed by atoms with van der Waals surface area (Å²) in [4.78, 5) is 0. The van der Waals surface area contributed by atoms with Gasteiger partial charge >= 0.3 is 0 Å². The van der Waals surface area contributed by atoms with E-state index in [0.717, 1.165) is 25.7 Å². The van der Waals surface area contributed by atoms with Crippen LogP contribution in [0.2, 0.25) is 0 Å². The van der Waals surface area contributed by atoms with Crippen molar-refractivity contribution in [2.45, 2.75) is 45.6 Å². The van der Waals surface area contributed by atoms with Crippen LogP contribution in [-0.4, -0.2) is 38.9 Å². The highest BCUT2D eigenvalue weighted by Gasteiger charge is 2.33. The zero-order valence-electron chi connectivity index (χ0n) is 11.7. The number of nitrogens with one attached hydrogen (secondary N) is 1. The van der Waals surface area contributed by atoms with Crippen molar-refractivity contribution in [3.05, 3.63) is 0 Å². The maximum atomic E-state index is 12.2. The van der Waals surface area contributed by atoms with Crippen LogP contribution in [0.25, 0.3) is 0 Å². The third-order valence-electron chi connectivity index (χ3n) is 3.69. The highest BCUT2D eigenvalue weighted by molar-refractivity contribution is 7.87. The van der Waals surface area contributed by atoms with Gasteiger partial charge in [-0.1, -0.05) is 26.7 Å². The van der Waals surface area contributed by atoms with Gasteiger partial charge in [-0.3, -0.25) is 0 Å². The van der Waals surface area contributed by atoms with Crippen LogP contribution >= 0.6 is 0 Å². The molecule has 1 saturated carbocycles. The lowest BCUT2D eigenvalue weighted by molar-refractivity contribution is 0.202. The Labute approximate surface area is 111 Å². The smallest absolute Gasteiger partial charge is 0.279 e. The van der Waals surface area contributed by atoms with Gasteiger partial charge in [-0.25, -0.2) is 4.72 Å². The second-order valence-corrected chi connectivity index (χ2v) is 7.43. The average Bonchev–Trinajstić information content (AvgIpc) is 2.35. The summed E-state index contributed by atoms with van der Waals surface area (Å²) >= 11 is 0. The minimum atomic E-state index is -3.37. The molecule has 0 spiro atoms. The van der Waals surface area contributed by atoms with Gasteiger partial charge in [0, 0.05) is 19.6 Å². The Bertz CT molecular complexity index is 343. The van der Waals surface area contributed by atoms with Crippen molar-refractivity contribution in [3.8, 4) is 0 Å². The van der Waals surface area contributed by atoms with Gasteiger partial charge < -0.3 is 5.73 Å². The minimum Gasteiger partial charge on any atom is -0.330 e. The maximum Gasteiger partial charge on any atom is 0.279 e. The molecule has 0 aromatic rings. The summed E-state index contributed by atoms with van der Waals surface area (Å²) in [6, 6.07) is 0.0495. The Morgan fingerprint density at radius 2 is 1.94 bits per heavy atom. The summed E-state index contributed by atoms with van der Waals surface area (Å²) in [7, 11) is -1.70. The lowest BCUT2D eigenvalue weighted by Gasteiger charge is -2.36. The van der Waals surface area contributed by atoms with Gasteiger partial charge in [-0.2, -0.15) is 12.7 Å². The molecule has 2 unspecified atom stereocenters. The lowest BCUT2D eigenvalue weighted by Crippen LogP contribution is -2.50. The van der Waals surface area contributed by atoms with E-state index < -0.39 is 10.2 Å². The van der Waals surface area contributed by atoms with E-state index in [9.17, 15) is 8.42 Å². The standard InChI is InChI=1S/C12H27N3O2S/c1-10(2)9-14-18(16,17)15(3)12-7-5-4-6-11(12)8-13/h10-12,14H,4-9,13H2,1-3H3. The Morgan fingerprint density at radius 3 is 2.50 bits per heavy atom. The molecule has 0 aliphatic heterocycles. The topological polar surface area (TPSA) is 75.4 Å². The predicted octanol–water partition coefficient (Wildman–Crippen LogP) is 0.926. The number of hydrogen-bond acceptors (Lipinski definition) is 3.